The molecule has 0 atom stereocenters. The Hall–Kier alpha value is -9.98. The number of thiophene rings is 2. The fraction of sp³-hybridized carbons (Fsp3) is 0.0263. The summed E-state index contributed by atoms with van der Waals surface area (Å²) in [5, 5.41) is 20.1. The summed E-state index contributed by atoms with van der Waals surface area (Å²) >= 11 is 3.74. The van der Waals surface area contributed by atoms with Gasteiger partial charge in [-0.1, -0.05) is 133 Å². The van der Waals surface area contributed by atoms with Crippen LogP contribution in [0.25, 0.3) is 138 Å². The van der Waals surface area contributed by atoms with Gasteiger partial charge in [0, 0.05) is 106 Å². The van der Waals surface area contributed by atoms with Crippen molar-refractivity contribution >= 4 is 195 Å². The molecule has 0 aliphatic carbocycles. The molecule has 4 nitrogen and oxygen atoms in total. The summed E-state index contributed by atoms with van der Waals surface area (Å²) in [6, 6.07) is 91.7. The number of hydrogen-bond donors (Lipinski definition) is 0. The normalized spacial score (nSPS) is 12.5. The first kappa shape index (κ1) is 44.8. The Kier molecular flexibility index (Phi) is 8.93. The van der Waals surface area contributed by atoms with E-state index in [-0.39, 0.29) is 0 Å². The molecule has 6 heteroatoms. The van der Waals surface area contributed by atoms with Gasteiger partial charge in [0.2, 0.25) is 0 Å². The van der Waals surface area contributed by atoms with E-state index in [4.69, 9.17) is 0 Å². The molecule has 0 saturated carbocycles. The van der Waals surface area contributed by atoms with Gasteiger partial charge in [0.05, 0.1) is 44.5 Å². The Bertz CT molecular complexity index is 5590. The third-order valence-electron chi connectivity index (χ3n) is 18.1. The van der Waals surface area contributed by atoms with E-state index in [0.717, 1.165) is 11.4 Å². The second-order valence-electron chi connectivity index (χ2n) is 22.5. The van der Waals surface area contributed by atoms with Crippen LogP contribution in [-0.2, 0) is 0 Å². The first-order valence-electron chi connectivity index (χ1n) is 28.2. The average molecular weight is 1080 g/mol. The zero-order valence-electron chi connectivity index (χ0n) is 44.7. The van der Waals surface area contributed by atoms with E-state index >= 15 is 0 Å². The smallest absolute Gasteiger partial charge is 0.0641 e. The molecule has 0 amide bonds. The van der Waals surface area contributed by atoms with E-state index in [2.05, 4.69) is 275 Å². The molecule has 0 aliphatic heterocycles. The van der Waals surface area contributed by atoms with Gasteiger partial charge in [-0.15, -0.1) is 22.7 Å². The zero-order chi connectivity index (χ0) is 53.6. The highest BCUT2D eigenvalue weighted by Gasteiger charge is 2.29. The van der Waals surface area contributed by atoms with Crippen LogP contribution in [-0.4, -0.2) is 8.80 Å². The van der Waals surface area contributed by atoms with Gasteiger partial charge in [-0.05, 0) is 156 Å². The number of rotatable bonds is 6. The zero-order valence-corrected chi connectivity index (χ0v) is 46.3. The Labute approximate surface area is 478 Å². The molecule has 0 unspecified atom stereocenters. The Balaban J connectivity index is 0.881. The summed E-state index contributed by atoms with van der Waals surface area (Å²) in [6.07, 6.45) is 0. The van der Waals surface area contributed by atoms with Crippen LogP contribution < -0.4 is 9.80 Å². The number of aryl methyl sites for hydroxylation is 2. The minimum absolute atomic E-state index is 1.14. The van der Waals surface area contributed by atoms with Crippen LogP contribution in [0.4, 0.5) is 34.1 Å². The van der Waals surface area contributed by atoms with Crippen molar-refractivity contribution in [3.8, 4) is 0 Å². The predicted molar refractivity (Wildman–Crippen MR) is 355 cm³/mol. The first-order valence-corrected chi connectivity index (χ1v) is 29.9. The molecule has 13 aromatic carbocycles. The predicted octanol–water partition coefficient (Wildman–Crippen LogP) is 22.6. The molecule has 382 valence electrons. The van der Waals surface area contributed by atoms with Gasteiger partial charge in [-0.2, -0.15) is 0 Å². The molecule has 6 heterocycles. The highest BCUT2D eigenvalue weighted by Crippen LogP contribution is 2.53. The fourth-order valence-electron chi connectivity index (χ4n) is 14.5. The molecule has 0 N–H and O–H groups in total. The number of benzene rings is 13. The van der Waals surface area contributed by atoms with Gasteiger partial charge in [0.15, 0.2) is 0 Å². The molecule has 0 aliphatic rings. The number of para-hydroxylation sites is 2. The fourth-order valence-corrected chi connectivity index (χ4v) is 16.7. The molecule has 82 heavy (non-hydrogen) atoms. The topological polar surface area (TPSA) is 15.3 Å². The molecule has 0 radical (unpaired) electrons. The highest BCUT2D eigenvalue weighted by molar-refractivity contribution is 7.26. The summed E-state index contributed by atoms with van der Waals surface area (Å²) in [5.74, 6) is 0. The Morgan fingerprint density at radius 3 is 1.10 bits per heavy atom. The number of nitrogens with zero attached hydrogens (tertiary/aromatic N) is 4. The summed E-state index contributed by atoms with van der Waals surface area (Å²) in [5.41, 5.74) is 16.8. The third kappa shape index (κ3) is 5.99. The summed E-state index contributed by atoms with van der Waals surface area (Å²) in [6.45, 7) is 4.54. The monoisotopic (exact) mass is 1080 g/mol. The summed E-state index contributed by atoms with van der Waals surface area (Å²) < 4.78 is 10.4. The second kappa shape index (κ2) is 16.3. The average Bonchev–Trinajstić information content (AvgIpc) is 2.18. The van der Waals surface area contributed by atoms with Gasteiger partial charge in [-0.3, -0.25) is 0 Å². The molecule has 19 rings (SSSR count). The maximum Gasteiger partial charge on any atom is 0.0641 e. The van der Waals surface area contributed by atoms with Crippen LogP contribution in [0.2, 0.25) is 0 Å². The minimum Gasteiger partial charge on any atom is -0.309 e. The van der Waals surface area contributed by atoms with Crippen LogP contribution in [0.3, 0.4) is 0 Å². The lowest BCUT2D eigenvalue weighted by molar-refractivity contribution is 1.28. The number of hydrogen-bond acceptors (Lipinski definition) is 4. The molecule has 0 fully saturated rings. The van der Waals surface area contributed by atoms with Crippen molar-refractivity contribution in [2.45, 2.75) is 13.8 Å². The van der Waals surface area contributed by atoms with Crippen molar-refractivity contribution in [3.63, 3.8) is 0 Å². The van der Waals surface area contributed by atoms with E-state index in [1.807, 2.05) is 22.7 Å². The van der Waals surface area contributed by atoms with E-state index in [1.165, 1.54) is 172 Å². The molecule has 0 spiro atoms. The SMILES string of the molecule is Cc1cc2ccccc2cc1N(c1ccc2sc3ccccc3c2c1)c1ccc2c3cc4c(cc3n3c5ccccc5c1c23)c1ccc(N(c2ccc3sc5ccccc5c3c2)c2cc3ccccc3cc2C)c2c3ccccc3n4c12. The van der Waals surface area contributed by atoms with Crippen LogP contribution >= 0.6 is 22.7 Å². The lowest BCUT2D eigenvalue weighted by Gasteiger charge is -2.28. The van der Waals surface area contributed by atoms with E-state index in [1.54, 1.807) is 0 Å². The quantitative estimate of drug-likeness (QED) is 0.165. The van der Waals surface area contributed by atoms with Crippen molar-refractivity contribution in [2.75, 3.05) is 9.80 Å². The van der Waals surface area contributed by atoms with E-state index in [9.17, 15) is 0 Å². The highest BCUT2D eigenvalue weighted by atomic mass is 32.1. The van der Waals surface area contributed by atoms with Crippen molar-refractivity contribution in [1.29, 1.82) is 0 Å². The summed E-state index contributed by atoms with van der Waals surface area (Å²) in [4.78, 5) is 5.10. The number of anilines is 6. The molecule has 6 aromatic heterocycles. The maximum absolute atomic E-state index is 2.58. The lowest BCUT2D eigenvalue weighted by atomic mass is 10.00. The number of aromatic nitrogens is 2. The van der Waals surface area contributed by atoms with Gasteiger partial charge < -0.3 is 18.6 Å². The molecular weight excluding hydrogens is 1030 g/mol. The van der Waals surface area contributed by atoms with Crippen LogP contribution in [0.5, 0.6) is 0 Å². The van der Waals surface area contributed by atoms with Crippen LogP contribution in [0, 0.1) is 13.8 Å². The Morgan fingerprint density at radius 2 is 0.646 bits per heavy atom. The standard InChI is InChI=1S/C76H46N4S2/c1-43-35-45-15-3-5-17-47(45)37-65(43)77(49-27-33-71-59(39-49)51-19-9-13-25-69(51)81-71)63-31-29-53-57-41-68-58(42-67(57)79-61-23-11-7-21-55(61)73(63)75(53)79)54-30-32-64(74-56-22-8-12-24-62(56)80(68)76(54)74)78(66-38-48-18-6-4-16-46(48)36-44(66)2)50-28-34-72-60(40-50)52-20-10-14-26-70(52)82-72/h3-42H,1-2H3. The lowest BCUT2D eigenvalue weighted by Crippen LogP contribution is -2.12. The largest absolute Gasteiger partial charge is 0.309 e. The van der Waals surface area contributed by atoms with Gasteiger partial charge in [0.1, 0.15) is 0 Å². The van der Waals surface area contributed by atoms with Crippen LogP contribution in [0.1, 0.15) is 11.1 Å². The van der Waals surface area contributed by atoms with Crippen molar-refractivity contribution in [2.24, 2.45) is 0 Å². The Morgan fingerprint density at radius 1 is 0.268 bits per heavy atom. The maximum atomic E-state index is 2.58. The second-order valence-corrected chi connectivity index (χ2v) is 24.7. The van der Waals surface area contributed by atoms with Gasteiger partial charge in [0.25, 0.3) is 0 Å². The molecular formula is C76H46N4S2. The van der Waals surface area contributed by atoms with Crippen molar-refractivity contribution in [1.82, 2.24) is 8.80 Å². The summed E-state index contributed by atoms with van der Waals surface area (Å²) in [7, 11) is 0. The van der Waals surface area contributed by atoms with Crippen LogP contribution in [0.15, 0.2) is 243 Å². The van der Waals surface area contributed by atoms with Gasteiger partial charge in [-0.25, -0.2) is 0 Å². The van der Waals surface area contributed by atoms with E-state index < -0.39 is 0 Å². The first-order chi connectivity index (χ1) is 40.5. The van der Waals surface area contributed by atoms with Gasteiger partial charge >= 0.3 is 0 Å². The molecule has 0 saturated heterocycles. The number of fused-ring (bicyclic) bond motifs is 20. The third-order valence-corrected chi connectivity index (χ3v) is 20.4. The van der Waals surface area contributed by atoms with Crippen molar-refractivity contribution < 1.29 is 0 Å². The molecule has 19 aromatic rings. The minimum atomic E-state index is 1.14. The van der Waals surface area contributed by atoms with E-state index in [0.29, 0.717) is 0 Å². The van der Waals surface area contributed by atoms with Crippen molar-refractivity contribution in [3.05, 3.63) is 254 Å². The molecule has 0 bridgehead atoms.